The Balaban J connectivity index is 1.22. The van der Waals surface area contributed by atoms with E-state index in [1.807, 2.05) is 24.3 Å². The smallest absolute Gasteiger partial charge is 0.252 e. The van der Waals surface area contributed by atoms with Gasteiger partial charge in [0.1, 0.15) is 0 Å². The normalized spacial score (nSPS) is 28.4. The summed E-state index contributed by atoms with van der Waals surface area (Å²) in [5.74, 6) is 2.00. The van der Waals surface area contributed by atoms with Gasteiger partial charge in [0.15, 0.2) is 0 Å². The Morgan fingerprint density at radius 2 is 1.42 bits per heavy atom. The molecule has 176 valence electrons. The van der Waals surface area contributed by atoms with E-state index in [4.69, 9.17) is 0 Å². The molecule has 2 unspecified atom stereocenters. The van der Waals surface area contributed by atoms with E-state index < -0.39 is 0 Å². The summed E-state index contributed by atoms with van der Waals surface area (Å²) in [7, 11) is 0. The first-order chi connectivity index (χ1) is 15.7. The number of carbonyl (C=O) groups excluding carboxylic acids is 1. The number of hydroxylamine groups is 2. The van der Waals surface area contributed by atoms with Crippen LogP contribution in [0.3, 0.4) is 0 Å². The standard InChI is InChI=1S/C29H38N2O2/c1-28(2,3)24-8-12-26(13-9-24)30-25-10-6-20(7-11-25)19-31(33)27(32)29-16-21-4-5-22(17-29)15-23(14-21)18-29/h6-13,21-23,30,33H,4-5,14-19H2,1-3H3. The first kappa shape index (κ1) is 22.5. The molecular weight excluding hydrogens is 408 g/mol. The number of amides is 1. The van der Waals surface area contributed by atoms with Gasteiger partial charge in [0.25, 0.3) is 5.91 Å². The first-order valence-electron chi connectivity index (χ1n) is 12.7. The van der Waals surface area contributed by atoms with E-state index in [0.29, 0.717) is 17.8 Å². The Kier molecular flexibility index (Phi) is 5.76. The number of anilines is 2. The molecular formula is C29H38N2O2. The molecule has 4 aliphatic carbocycles. The second-order valence-electron chi connectivity index (χ2n) is 12.1. The van der Waals surface area contributed by atoms with Gasteiger partial charge in [0.2, 0.25) is 0 Å². The second kappa shape index (κ2) is 8.47. The third-order valence-electron chi connectivity index (χ3n) is 8.37. The Morgan fingerprint density at radius 3 is 1.97 bits per heavy atom. The lowest BCUT2D eigenvalue weighted by molar-refractivity contribution is -0.187. The van der Waals surface area contributed by atoms with E-state index in [1.54, 1.807) is 0 Å². The topological polar surface area (TPSA) is 52.6 Å². The summed E-state index contributed by atoms with van der Waals surface area (Å²) in [5, 5.41) is 15.2. The molecule has 2 N–H and O–H groups in total. The molecule has 4 saturated carbocycles. The summed E-state index contributed by atoms with van der Waals surface area (Å²) in [6, 6.07) is 16.6. The number of hydrogen-bond donors (Lipinski definition) is 2. The highest BCUT2D eigenvalue weighted by molar-refractivity contribution is 5.82. The summed E-state index contributed by atoms with van der Waals surface area (Å²) in [5.41, 5.74) is 4.13. The molecule has 2 aromatic rings. The van der Waals surface area contributed by atoms with Crippen LogP contribution in [0.1, 0.15) is 76.8 Å². The molecule has 0 aromatic heterocycles. The van der Waals surface area contributed by atoms with Crippen LogP contribution in [0, 0.1) is 23.2 Å². The highest BCUT2D eigenvalue weighted by Gasteiger charge is 2.53. The van der Waals surface area contributed by atoms with Gasteiger partial charge in [-0.05, 0) is 90.7 Å². The Hall–Kier alpha value is -2.33. The van der Waals surface area contributed by atoms with Gasteiger partial charge in [-0.1, -0.05) is 57.9 Å². The number of nitrogens with zero attached hydrogens (tertiary/aromatic N) is 1. The van der Waals surface area contributed by atoms with Crippen molar-refractivity contribution in [1.82, 2.24) is 5.06 Å². The van der Waals surface area contributed by atoms with Gasteiger partial charge >= 0.3 is 0 Å². The number of fused-ring (bicyclic) bond motifs is 1. The maximum atomic E-state index is 13.4. The van der Waals surface area contributed by atoms with Crippen molar-refractivity contribution < 1.29 is 10.0 Å². The zero-order valence-electron chi connectivity index (χ0n) is 20.3. The van der Waals surface area contributed by atoms with Crippen molar-refractivity contribution in [3.63, 3.8) is 0 Å². The maximum absolute atomic E-state index is 13.4. The zero-order valence-corrected chi connectivity index (χ0v) is 20.3. The van der Waals surface area contributed by atoms with Crippen LogP contribution in [0.2, 0.25) is 0 Å². The Labute approximate surface area is 198 Å². The van der Waals surface area contributed by atoms with Crippen molar-refractivity contribution >= 4 is 17.3 Å². The van der Waals surface area contributed by atoms with Gasteiger partial charge in [0.05, 0.1) is 12.0 Å². The van der Waals surface area contributed by atoms with Crippen LogP contribution in [0.5, 0.6) is 0 Å². The minimum absolute atomic E-state index is 0.0371. The predicted molar refractivity (Wildman–Crippen MR) is 132 cm³/mol. The zero-order chi connectivity index (χ0) is 23.2. The fourth-order valence-electron chi connectivity index (χ4n) is 6.89. The molecule has 0 spiro atoms. The van der Waals surface area contributed by atoms with Crippen molar-refractivity contribution in [3.8, 4) is 0 Å². The SMILES string of the molecule is CC(C)(C)c1ccc(Nc2ccc(CN(O)C(=O)C34CC5CCC(CC(C5)C3)C4)cc2)cc1. The van der Waals surface area contributed by atoms with Crippen LogP contribution >= 0.6 is 0 Å². The average Bonchev–Trinajstić information content (AvgIpc) is 2.99. The summed E-state index contributed by atoms with van der Waals surface area (Å²) in [4.78, 5) is 13.4. The molecule has 6 rings (SSSR count). The Bertz CT molecular complexity index is 974. The van der Waals surface area contributed by atoms with Crippen LogP contribution in [0.25, 0.3) is 0 Å². The summed E-state index contributed by atoms with van der Waals surface area (Å²) < 4.78 is 0. The van der Waals surface area contributed by atoms with E-state index in [2.05, 4.69) is 50.4 Å². The number of carbonyl (C=O) groups is 1. The molecule has 33 heavy (non-hydrogen) atoms. The van der Waals surface area contributed by atoms with E-state index in [-0.39, 0.29) is 23.3 Å². The molecule has 4 heteroatoms. The summed E-state index contributed by atoms with van der Waals surface area (Å²) >= 11 is 0. The number of nitrogens with one attached hydrogen (secondary N) is 1. The van der Waals surface area contributed by atoms with Crippen molar-refractivity contribution in [2.75, 3.05) is 5.32 Å². The molecule has 4 fully saturated rings. The molecule has 1 amide bonds. The van der Waals surface area contributed by atoms with Crippen LogP contribution < -0.4 is 5.32 Å². The number of benzene rings is 2. The third kappa shape index (κ3) is 4.68. The molecule has 0 aliphatic heterocycles. The highest BCUT2D eigenvalue weighted by atomic mass is 16.5. The molecule has 0 heterocycles. The van der Waals surface area contributed by atoms with Crippen LogP contribution in [0.4, 0.5) is 11.4 Å². The third-order valence-corrected chi connectivity index (χ3v) is 8.37. The van der Waals surface area contributed by atoms with Gasteiger partial charge in [-0.15, -0.1) is 0 Å². The largest absolute Gasteiger partial charge is 0.356 e. The van der Waals surface area contributed by atoms with Crippen molar-refractivity contribution in [2.45, 2.75) is 77.7 Å². The Morgan fingerprint density at radius 1 is 0.909 bits per heavy atom. The second-order valence-corrected chi connectivity index (χ2v) is 12.1. The summed E-state index contributed by atoms with van der Waals surface area (Å²) in [6.07, 6.45) is 8.07. The van der Waals surface area contributed by atoms with Crippen molar-refractivity contribution in [2.24, 2.45) is 23.2 Å². The van der Waals surface area contributed by atoms with E-state index in [0.717, 1.165) is 41.3 Å². The summed E-state index contributed by atoms with van der Waals surface area (Å²) in [6.45, 7) is 6.90. The van der Waals surface area contributed by atoms with Crippen molar-refractivity contribution in [1.29, 1.82) is 0 Å². The lowest BCUT2D eigenvalue weighted by Crippen LogP contribution is -2.49. The van der Waals surface area contributed by atoms with Gasteiger partial charge in [0, 0.05) is 11.4 Å². The quantitative estimate of drug-likeness (QED) is 0.382. The fraction of sp³-hybridized carbons (Fsp3) is 0.552. The molecule has 4 nitrogen and oxygen atoms in total. The first-order valence-corrected chi connectivity index (χ1v) is 12.7. The van der Waals surface area contributed by atoms with Gasteiger partial charge in [-0.25, -0.2) is 5.06 Å². The minimum Gasteiger partial charge on any atom is -0.356 e. The van der Waals surface area contributed by atoms with Gasteiger partial charge in [-0.2, -0.15) is 0 Å². The maximum Gasteiger partial charge on any atom is 0.252 e. The van der Waals surface area contributed by atoms with E-state index >= 15 is 0 Å². The fourth-order valence-corrected chi connectivity index (χ4v) is 6.89. The minimum atomic E-state index is -0.317. The number of hydrogen-bond acceptors (Lipinski definition) is 3. The molecule has 2 aromatic carbocycles. The lowest BCUT2D eigenvalue weighted by atomic mass is 9.58. The molecule has 4 aliphatic rings. The molecule has 0 radical (unpaired) electrons. The van der Waals surface area contributed by atoms with E-state index in [9.17, 15) is 10.0 Å². The van der Waals surface area contributed by atoms with Crippen LogP contribution in [-0.2, 0) is 16.8 Å². The van der Waals surface area contributed by atoms with Gasteiger partial charge in [-0.3, -0.25) is 10.0 Å². The van der Waals surface area contributed by atoms with Crippen molar-refractivity contribution in [3.05, 3.63) is 59.7 Å². The monoisotopic (exact) mass is 446 g/mol. The molecule has 4 bridgehead atoms. The molecule has 0 saturated heterocycles. The number of rotatable bonds is 5. The predicted octanol–water partition coefficient (Wildman–Crippen LogP) is 7.05. The van der Waals surface area contributed by atoms with Gasteiger partial charge < -0.3 is 5.32 Å². The average molecular weight is 447 g/mol. The van der Waals surface area contributed by atoms with E-state index in [1.165, 1.54) is 31.2 Å². The molecule has 2 atom stereocenters. The lowest BCUT2D eigenvalue weighted by Gasteiger charge is -2.47. The highest BCUT2D eigenvalue weighted by Crippen LogP contribution is 2.58. The van der Waals surface area contributed by atoms with Crippen LogP contribution in [0.15, 0.2) is 48.5 Å². The van der Waals surface area contributed by atoms with Crippen LogP contribution in [-0.4, -0.2) is 16.2 Å².